The van der Waals surface area contributed by atoms with E-state index in [1.807, 2.05) is 0 Å². The van der Waals surface area contributed by atoms with Crippen LogP contribution in [0.25, 0.3) is 5.95 Å². The zero-order valence-corrected chi connectivity index (χ0v) is 15.7. The topological polar surface area (TPSA) is 130 Å². The summed E-state index contributed by atoms with van der Waals surface area (Å²) in [5.74, 6) is -1.90. The molecule has 2 atom stereocenters. The number of aliphatic carboxylic acids is 1. The van der Waals surface area contributed by atoms with Gasteiger partial charge in [-0.15, -0.1) is 0 Å². The summed E-state index contributed by atoms with van der Waals surface area (Å²) < 4.78 is 1.41. The number of aryl methyl sites for hydroxylation is 2. The van der Waals surface area contributed by atoms with Gasteiger partial charge in [-0.25, -0.2) is 4.98 Å². The van der Waals surface area contributed by atoms with Crippen molar-refractivity contribution < 1.29 is 14.7 Å². The number of hydrogen-bond donors (Lipinski definition) is 3. The van der Waals surface area contributed by atoms with Gasteiger partial charge in [-0.2, -0.15) is 9.78 Å². The number of carboxylic acids is 1. The second-order valence-electron chi connectivity index (χ2n) is 7.58. The Morgan fingerprint density at radius 1 is 1.21 bits per heavy atom. The lowest BCUT2D eigenvalue weighted by molar-refractivity contribution is -0.147. The van der Waals surface area contributed by atoms with Crippen molar-refractivity contribution in [3.8, 4) is 5.95 Å². The Morgan fingerprint density at radius 3 is 2.71 bits per heavy atom. The predicted molar refractivity (Wildman–Crippen MR) is 100 cm³/mol. The molecule has 9 heteroatoms. The molecule has 0 aromatic carbocycles. The van der Waals surface area contributed by atoms with Crippen molar-refractivity contribution in [2.45, 2.75) is 51.9 Å². The van der Waals surface area contributed by atoms with E-state index in [1.165, 1.54) is 4.68 Å². The predicted octanol–water partition coefficient (Wildman–Crippen LogP) is 1.58. The van der Waals surface area contributed by atoms with Gasteiger partial charge in [0.15, 0.2) is 0 Å². The first kappa shape index (κ1) is 18.4. The van der Waals surface area contributed by atoms with Gasteiger partial charge in [0.25, 0.3) is 5.56 Å². The fraction of sp³-hybridized carbons (Fsp3) is 0.526. The second kappa shape index (κ2) is 7.21. The lowest BCUT2D eigenvalue weighted by Gasteiger charge is -2.27. The largest absolute Gasteiger partial charge is 0.481 e. The van der Waals surface area contributed by atoms with E-state index in [4.69, 9.17) is 0 Å². The summed E-state index contributed by atoms with van der Waals surface area (Å²) in [4.78, 5) is 43.9. The van der Waals surface area contributed by atoms with Crippen LogP contribution in [0.3, 0.4) is 0 Å². The van der Waals surface area contributed by atoms with Gasteiger partial charge in [-0.1, -0.05) is 12.8 Å². The molecule has 2 aliphatic rings. The van der Waals surface area contributed by atoms with Crippen LogP contribution in [0.4, 0.5) is 5.82 Å². The number of carbonyl (C=O) groups excluding carboxylic acids is 1. The van der Waals surface area contributed by atoms with E-state index in [0.29, 0.717) is 29.9 Å². The molecule has 28 heavy (non-hydrogen) atoms. The van der Waals surface area contributed by atoms with Gasteiger partial charge in [0.1, 0.15) is 5.82 Å². The Kier molecular flexibility index (Phi) is 4.74. The lowest BCUT2D eigenvalue weighted by atomic mass is 9.79. The van der Waals surface area contributed by atoms with Crippen molar-refractivity contribution in [1.82, 2.24) is 19.7 Å². The Hall–Kier alpha value is -2.97. The fourth-order valence-corrected chi connectivity index (χ4v) is 4.24. The molecule has 9 nitrogen and oxygen atoms in total. The van der Waals surface area contributed by atoms with Gasteiger partial charge in [0.2, 0.25) is 11.9 Å². The standard InChI is InChI=1S/C19H23N5O4/c1-10-9-15(21-16(25)11-5-2-3-6-12(11)18(27)28)24(23-10)19-20-14-8-4-7-13(14)17(26)22-19/h9,11-12H,2-8H2,1H3,(H,21,25)(H,27,28)(H,20,22,26)/t11-,12+/m0/s1. The minimum Gasteiger partial charge on any atom is -0.481 e. The molecule has 2 aromatic rings. The van der Waals surface area contributed by atoms with E-state index in [1.54, 1.807) is 13.0 Å². The van der Waals surface area contributed by atoms with Crippen LogP contribution < -0.4 is 10.9 Å². The molecule has 1 fully saturated rings. The number of fused-ring (bicyclic) bond motifs is 1. The number of aromatic nitrogens is 4. The maximum atomic E-state index is 12.8. The maximum Gasteiger partial charge on any atom is 0.307 e. The van der Waals surface area contributed by atoms with Gasteiger partial charge in [0, 0.05) is 11.6 Å². The normalized spacial score (nSPS) is 21.3. The first-order chi connectivity index (χ1) is 13.4. The molecule has 0 unspecified atom stereocenters. The molecule has 1 saturated carbocycles. The molecule has 0 radical (unpaired) electrons. The van der Waals surface area contributed by atoms with Gasteiger partial charge in [-0.3, -0.25) is 19.4 Å². The molecule has 2 aliphatic carbocycles. The summed E-state index contributed by atoms with van der Waals surface area (Å²) in [6, 6.07) is 1.68. The average Bonchev–Trinajstić information content (AvgIpc) is 3.28. The maximum absolute atomic E-state index is 12.8. The average molecular weight is 385 g/mol. The summed E-state index contributed by atoms with van der Waals surface area (Å²) in [6.45, 7) is 1.78. The highest BCUT2D eigenvalue weighted by Gasteiger charge is 2.36. The summed E-state index contributed by atoms with van der Waals surface area (Å²) in [7, 11) is 0. The Labute approximate surface area is 161 Å². The highest BCUT2D eigenvalue weighted by Crippen LogP contribution is 2.31. The minimum atomic E-state index is -0.936. The number of hydrogen-bond acceptors (Lipinski definition) is 5. The van der Waals surface area contributed by atoms with E-state index in [0.717, 1.165) is 37.8 Å². The Morgan fingerprint density at radius 2 is 1.96 bits per heavy atom. The molecule has 0 saturated heterocycles. The van der Waals surface area contributed by atoms with Gasteiger partial charge < -0.3 is 10.4 Å². The number of carbonyl (C=O) groups is 2. The highest BCUT2D eigenvalue weighted by molar-refractivity contribution is 5.94. The summed E-state index contributed by atoms with van der Waals surface area (Å²) >= 11 is 0. The number of aromatic amines is 1. The minimum absolute atomic E-state index is 0.179. The number of amides is 1. The molecule has 0 bridgehead atoms. The zero-order valence-electron chi connectivity index (χ0n) is 15.7. The van der Waals surface area contributed by atoms with E-state index in [-0.39, 0.29) is 17.4 Å². The Balaban J connectivity index is 1.64. The molecular formula is C19H23N5O4. The van der Waals surface area contributed by atoms with E-state index in [2.05, 4.69) is 20.4 Å². The third-order valence-electron chi connectivity index (χ3n) is 5.63. The van der Waals surface area contributed by atoms with Crippen LogP contribution in [0, 0.1) is 18.8 Å². The van der Waals surface area contributed by atoms with Crippen molar-refractivity contribution in [3.05, 3.63) is 33.4 Å². The van der Waals surface area contributed by atoms with Gasteiger partial charge in [0.05, 0.1) is 23.2 Å². The molecule has 1 amide bonds. The van der Waals surface area contributed by atoms with Crippen molar-refractivity contribution in [1.29, 1.82) is 0 Å². The van der Waals surface area contributed by atoms with Crippen LogP contribution in [0.15, 0.2) is 10.9 Å². The summed E-state index contributed by atoms with van der Waals surface area (Å²) in [5, 5.41) is 16.6. The van der Waals surface area contributed by atoms with Crippen LogP contribution in [0.1, 0.15) is 49.1 Å². The van der Waals surface area contributed by atoms with Crippen LogP contribution in [0.2, 0.25) is 0 Å². The van der Waals surface area contributed by atoms with Gasteiger partial charge >= 0.3 is 5.97 Å². The monoisotopic (exact) mass is 385 g/mol. The summed E-state index contributed by atoms with van der Waals surface area (Å²) in [6.07, 6.45) is 5.07. The zero-order chi connectivity index (χ0) is 19.8. The van der Waals surface area contributed by atoms with Crippen LogP contribution >= 0.6 is 0 Å². The smallest absolute Gasteiger partial charge is 0.307 e. The second-order valence-corrected chi connectivity index (χ2v) is 7.58. The SMILES string of the molecule is Cc1cc(NC(=O)[C@H]2CCCC[C@H]2C(=O)O)n(-c2nc3c(c(=O)[nH]2)CCC3)n1. The first-order valence-corrected chi connectivity index (χ1v) is 9.67. The molecule has 2 aromatic heterocycles. The van der Waals surface area contributed by atoms with Crippen LogP contribution in [-0.2, 0) is 22.4 Å². The fourth-order valence-electron chi connectivity index (χ4n) is 4.24. The number of H-pyrrole nitrogens is 1. The number of nitrogens with zero attached hydrogens (tertiary/aromatic N) is 3. The van der Waals surface area contributed by atoms with E-state index >= 15 is 0 Å². The van der Waals surface area contributed by atoms with Crippen molar-refractivity contribution >= 4 is 17.7 Å². The van der Waals surface area contributed by atoms with Crippen LogP contribution in [0.5, 0.6) is 0 Å². The quantitative estimate of drug-likeness (QED) is 0.733. The number of nitrogens with one attached hydrogen (secondary N) is 2. The molecule has 3 N–H and O–H groups in total. The molecule has 0 spiro atoms. The summed E-state index contributed by atoms with van der Waals surface area (Å²) in [5.41, 5.74) is 1.95. The third kappa shape index (κ3) is 3.32. The first-order valence-electron chi connectivity index (χ1n) is 9.67. The molecule has 0 aliphatic heterocycles. The number of rotatable bonds is 4. The Bertz CT molecular complexity index is 993. The van der Waals surface area contributed by atoms with E-state index < -0.39 is 17.8 Å². The van der Waals surface area contributed by atoms with Crippen molar-refractivity contribution in [3.63, 3.8) is 0 Å². The molecule has 2 heterocycles. The number of anilines is 1. The number of carboxylic acid groups (broad SMARTS) is 1. The third-order valence-corrected chi connectivity index (χ3v) is 5.63. The van der Waals surface area contributed by atoms with Gasteiger partial charge in [-0.05, 0) is 39.0 Å². The van der Waals surface area contributed by atoms with Crippen molar-refractivity contribution in [2.75, 3.05) is 5.32 Å². The molecule has 4 rings (SSSR count). The molecular weight excluding hydrogens is 362 g/mol. The van der Waals surface area contributed by atoms with Crippen LogP contribution in [-0.4, -0.2) is 36.7 Å². The van der Waals surface area contributed by atoms with E-state index in [9.17, 15) is 19.5 Å². The lowest BCUT2D eigenvalue weighted by Crippen LogP contribution is -2.36. The highest BCUT2D eigenvalue weighted by atomic mass is 16.4. The van der Waals surface area contributed by atoms with Crippen molar-refractivity contribution in [2.24, 2.45) is 11.8 Å². The molecule has 148 valence electrons.